The predicted octanol–water partition coefficient (Wildman–Crippen LogP) is -2.27. The van der Waals surface area contributed by atoms with Crippen LogP contribution in [0.4, 0.5) is 0 Å². The molecule has 2 amide bonds. The van der Waals surface area contributed by atoms with Gasteiger partial charge in [-0.1, -0.05) is 0 Å². The molecule has 7 nitrogen and oxygen atoms in total. The standard InChI is InChI=1S/C12H22N4O3/c13-11(18)8-15-2-1-3-16(5-4-15)12(19)10-6-9(17)7-14-10/h9-10,14,17H,1-8H2,(H2,13,18). The predicted molar refractivity (Wildman–Crippen MR) is 69.2 cm³/mol. The second-order valence-electron chi connectivity index (χ2n) is 5.27. The van der Waals surface area contributed by atoms with Crippen molar-refractivity contribution in [3.05, 3.63) is 0 Å². The van der Waals surface area contributed by atoms with Crippen molar-refractivity contribution in [2.45, 2.75) is 25.0 Å². The third kappa shape index (κ3) is 3.89. The Labute approximate surface area is 112 Å². The number of rotatable bonds is 3. The number of β-amino-alcohol motifs (C(OH)–C–C–N with tert-alkyl or cyclic N) is 1. The molecule has 2 saturated heterocycles. The number of hydrogen-bond donors (Lipinski definition) is 3. The van der Waals surface area contributed by atoms with Gasteiger partial charge < -0.3 is 21.1 Å². The Hall–Kier alpha value is -1.18. The van der Waals surface area contributed by atoms with Gasteiger partial charge in [-0.2, -0.15) is 0 Å². The molecule has 2 rings (SSSR count). The van der Waals surface area contributed by atoms with Crippen LogP contribution in [0.15, 0.2) is 0 Å². The van der Waals surface area contributed by atoms with Crippen LogP contribution in [-0.4, -0.2) is 78.1 Å². The van der Waals surface area contributed by atoms with Crippen molar-refractivity contribution in [2.24, 2.45) is 5.73 Å². The molecule has 0 bridgehead atoms. The zero-order chi connectivity index (χ0) is 13.8. The molecule has 0 aromatic rings. The van der Waals surface area contributed by atoms with Crippen LogP contribution in [0.25, 0.3) is 0 Å². The molecule has 19 heavy (non-hydrogen) atoms. The van der Waals surface area contributed by atoms with Gasteiger partial charge in [0, 0.05) is 32.7 Å². The normalized spacial score (nSPS) is 29.2. The number of primary amides is 1. The summed E-state index contributed by atoms with van der Waals surface area (Å²) in [6.45, 7) is 3.50. The first-order valence-corrected chi connectivity index (χ1v) is 6.77. The van der Waals surface area contributed by atoms with E-state index in [9.17, 15) is 14.7 Å². The number of aliphatic hydroxyl groups is 1. The van der Waals surface area contributed by atoms with E-state index in [2.05, 4.69) is 5.32 Å². The van der Waals surface area contributed by atoms with Crippen molar-refractivity contribution >= 4 is 11.8 Å². The van der Waals surface area contributed by atoms with Crippen LogP contribution < -0.4 is 11.1 Å². The Balaban J connectivity index is 1.85. The maximum atomic E-state index is 12.3. The second-order valence-corrected chi connectivity index (χ2v) is 5.27. The number of nitrogens with zero attached hydrogens (tertiary/aromatic N) is 2. The van der Waals surface area contributed by atoms with Gasteiger partial charge in [0.1, 0.15) is 0 Å². The summed E-state index contributed by atoms with van der Waals surface area (Å²) >= 11 is 0. The van der Waals surface area contributed by atoms with Crippen LogP contribution >= 0.6 is 0 Å². The summed E-state index contributed by atoms with van der Waals surface area (Å²) in [6.07, 6.45) is 0.904. The number of aliphatic hydroxyl groups excluding tert-OH is 1. The van der Waals surface area contributed by atoms with Crippen LogP contribution in [0.5, 0.6) is 0 Å². The van der Waals surface area contributed by atoms with Crippen LogP contribution in [-0.2, 0) is 9.59 Å². The van der Waals surface area contributed by atoms with Gasteiger partial charge >= 0.3 is 0 Å². The van der Waals surface area contributed by atoms with Gasteiger partial charge in [-0.3, -0.25) is 14.5 Å². The highest BCUT2D eigenvalue weighted by Gasteiger charge is 2.32. The fraction of sp³-hybridized carbons (Fsp3) is 0.833. The summed E-state index contributed by atoms with van der Waals surface area (Å²) in [5.41, 5.74) is 5.18. The molecular formula is C12H22N4O3. The number of carbonyl (C=O) groups is 2. The summed E-state index contributed by atoms with van der Waals surface area (Å²) in [7, 11) is 0. The van der Waals surface area contributed by atoms with Gasteiger partial charge in [-0.15, -0.1) is 0 Å². The van der Waals surface area contributed by atoms with E-state index in [0.717, 1.165) is 13.0 Å². The van der Waals surface area contributed by atoms with Crippen molar-refractivity contribution in [2.75, 3.05) is 39.3 Å². The topological polar surface area (TPSA) is 98.9 Å². The minimum absolute atomic E-state index is 0.0532. The summed E-state index contributed by atoms with van der Waals surface area (Å²) < 4.78 is 0. The van der Waals surface area contributed by atoms with Gasteiger partial charge in [-0.05, 0) is 12.8 Å². The third-order valence-electron chi connectivity index (χ3n) is 3.69. The molecule has 0 radical (unpaired) electrons. The Morgan fingerprint density at radius 1 is 1.26 bits per heavy atom. The Kier molecular flexibility index (Phi) is 4.73. The average molecular weight is 270 g/mol. The lowest BCUT2D eigenvalue weighted by Gasteiger charge is -2.24. The Morgan fingerprint density at radius 2 is 2.05 bits per heavy atom. The molecule has 0 saturated carbocycles. The average Bonchev–Trinajstić information content (AvgIpc) is 2.65. The van der Waals surface area contributed by atoms with E-state index in [1.807, 2.05) is 9.80 Å². The molecule has 2 aliphatic rings. The molecule has 0 spiro atoms. The highest BCUT2D eigenvalue weighted by atomic mass is 16.3. The highest BCUT2D eigenvalue weighted by Crippen LogP contribution is 2.11. The second kappa shape index (κ2) is 6.31. The molecule has 0 aliphatic carbocycles. The van der Waals surface area contributed by atoms with Gasteiger partial charge in [0.15, 0.2) is 0 Å². The molecule has 0 aromatic carbocycles. The number of hydrogen-bond acceptors (Lipinski definition) is 5. The van der Waals surface area contributed by atoms with Gasteiger partial charge in [0.2, 0.25) is 11.8 Å². The molecule has 0 aromatic heterocycles. The number of carbonyl (C=O) groups excluding carboxylic acids is 2. The first-order chi connectivity index (χ1) is 9.06. The van der Waals surface area contributed by atoms with E-state index in [1.165, 1.54) is 0 Å². The van der Waals surface area contributed by atoms with E-state index in [-0.39, 0.29) is 24.4 Å². The van der Waals surface area contributed by atoms with E-state index in [0.29, 0.717) is 32.6 Å². The number of nitrogens with two attached hydrogens (primary N) is 1. The van der Waals surface area contributed by atoms with Crippen molar-refractivity contribution in [3.8, 4) is 0 Å². The fourth-order valence-corrected chi connectivity index (χ4v) is 2.70. The lowest BCUT2D eigenvalue weighted by molar-refractivity contribution is -0.133. The van der Waals surface area contributed by atoms with E-state index >= 15 is 0 Å². The lowest BCUT2D eigenvalue weighted by Crippen LogP contribution is -2.45. The lowest BCUT2D eigenvalue weighted by atomic mass is 10.2. The van der Waals surface area contributed by atoms with E-state index < -0.39 is 6.10 Å². The van der Waals surface area contributed by atoms with Crippen molar-refractivity contribution in [1.82, 2.24) is 15.1 Å². The van der Waals surface area contributed by atoms with Crippen LogP contribution in [0.2, 0.25) is 0 Å². The van der Waals surface area contributed by atoms with Gasteiger partial charge in [0.25, 0.3) is 0 Å². The first kappa shape index (κ1) is 14.2. The quantitative estimate of drug-likeness (QED) is 0.537. The van der Waals surface area contributed by atoms with Crippen molar-refractivity contribution in [3.63, 3.8) is 0 Å². The Bertz CT molecular complexity index is 350. The molecule has 2 atom stereocenters. The maximum absolute atomic E-state index is 12.3. The van der Waals surface area contributed by atoms with Crippen molar-refractivity contribution in [1.29, 1.82) is 0 Å². The highest BCUT2D eigenvalue weighted by molar-refractivity contribution is 5.82. The number of nitrogens with one attached hydrogen (secondary N) is 1. The zero-order valence-electron chi connectivity index (χ0n) is 11.0. The largest absolute Gasteiger partial charge is 0.392 e. The zero-order valence-corrected chi connectivity index (χ0v) is 11.0. The Morgan fingerprint density at radius 3 is 2.68 bits per heavy atom. The number of amides is 2. The molecule has 7 heteroatoms. The SMILES string of the molecule is NC(=O)CN1CCCN(C(=O)C2CC(O)CN2)CC1. The minimum Gasteiger partial charge on any atom is -0.392 e. The maximum Gasteiger partial charge on any atom is 0.239 e. The minimum atomic E-state index is -0.424. The summed E-state index contributed by atoms with van der Waals surface area (Å²) in [5, 5.41) is 12.5. The summed E-state index contributed by atoms with van der Waals surface area (Å²) in [4.78, 5) is 27.0. The smallest absolute Gasteiger partial charge is 0.239 e. The van der Waals surface area contributed by atoms with Crippen LogP contribution in [0.3, 0.4) is 0 Å². The molecule has 2 unspecified atom stereocenters. The molecule has 2 fully saturated rings. The van der Waals surface area contributed by atoms with E-state index in [4.69, 9.17) is 5.73 Å². The van der Waals surface area contributed by atoms with Crippen LogP contribution in [0, 0.1) is 0 Å². The third-order valence-corrected chi connectivity index (χ3v) is 3.69. The summed E-state index contributed by atoms with van der Waals surface area (Å²) in [6, 6.07) is -0.266. The van der Waals surface area contributed by atoms with Gasteiger partial charge in [0.05, 0.1) is 18.7 Å². The molecule has 2 aliphatic heterocycles. The van der Waals surface area contributed by atoms with Gasteiger partial charge in [-0.25, -0.2) is 0 Å². The molecule has 108 valence electrons. The first-order valence-electron chi connectivity index (χ1n) is 6.77. The summed E-state index contributed by atoms with van der Waals surface area (Å²) in [5.74, 6) is -0.280. The fourth-order valence-electron chi connectivity index (χ4n) is 2.70. The molecule has 4 N–H and O–H groups in total. The van der Waals surface area contributed by atoms with Crippen LogP contribution in [0.1, 0.15) is 12.8 Å². The molecule has 2 heterocycles. The molecular weight excluding hydrogens is 248 g/mol. The monoisotopic (exact) mass is 270 g/mol. The van der Waals surface area contributed by atoms with Crippen molar-refractivity contribution < 1.29 is 14.7 Å². The van der Waals surface area contributed by atoms with E-state index in [1.54, 1.807) is 0 Å².